The predicted molar refractivity (Wildman–Crippen MR) is 59.3 cm³/mol. The maximum Gasteiger partial charge on any atom is 0.152 e. The molecule has 1 aromatic heterocycles. The summed E-state index contributed by atoms with van der Waals surface area (Å²) in [5.74, 6) is 2.30. The molecular formula is C8H9ClN2S2. The average molecular weight is 234 g/mol. The van der Waals surface area contributed by atoms with E-state index < -0.39 is 0 Å². The third-order valence-corrected chi connectivity index (χ3v) is 4.88. The summed E-state index contributed by atoms with van der Waals surface area (Å²) >= 11 is 9.64. The Balaban J connectivity index is 2.22. The summed E-state index contributed by atoms with van der Waals surface area (Å²) in [4.78, 5) is 8.07. The van der Waals surface area contributed by atoms with Crippen molar-refractivity contribution in [3.63, 3.8) is 0 Å². The predicted octanol–water partition coefficient (Wildman–Crippen LogP) is 3.00. The van der Waals surface area contributed by atoms with Gasteiger partial charge in [0.2, 0.25) is 0 Å². The van der Waals surface area contributed by atoms with Gasteiger partial charge in [0.25, 0.3) is 0 Å². The van der Waals surface area contributed by atoms with E-state index in [2.05, 4.69) is 9.97 Å². The van der Waals surface area contributed by atoms with E-state index in [0.29, 0.717) is 9.74 Å². The van der Waals surface area contributed by atoms with E-state index in [1.165, 1.54) is 12.6 Å². The van der Waals surface area contributed by atoms with Crippen molar-refractivity contribution in [1.29, 1.82) is 0 Å². The van der Waals surface area contributed by atoms with Gasteiger partial charge in [0.05, 0.1) is 5.95 Å². The molecule has 0 radical (unpaired) electrons. The molecule has 13 heavy (non-hydrogen) atoms. The summed E-state index contributed by atoms with van der Waals surface area (Å²) in [5, 5.41) is 0.379. The molecule has 2 rings (SSSR count). The summed E-state index contributed by atoms with van der Waals surface area (Å²) in [7, 11) is 0. The molecular weight excluding hydrogens is 224 g/mol. The van der Waals surface area contributed by atoms with Crippen molar-refractivity contribution in [3.05, 3.63) is 23.2 Å². The van der Waals surface area contributed by atoms with Crippen LogP contribution in [0.4, 0.5) is 0 Å². The zero-order valence-electron chi connectivity index (χ0n) is 7.86. The highest BCUT2D eigenvalue weighted by Gasteiger charge is 2.20. The first-order valence-electron chi connectivity index (χ1n) is 4.49. The highest BCUT2D eigenvalue weighted by Crippen LogP contribution is 2.44. The fourth-order valence-electron chi connectivity index (χ4n) is 1.10. The first kappa shape index (κ1) is 8.38. The normalized spacial score (nSPS) is 19.9. The van der Waals surface area contributed by atoms with E-state index in [1.807, 2.05) is 23.5 Å². The summed E-state index contributed by atoms with van der Waals surface area (Å²) < 4.78 is 7.57. The number of aromatic nitrogens is 2. The Labute approximate surface area is 92.3 Å². The van der Waals surface area contributed by atoms with Gasteiger partial charge in [-0.25, -0.2) is 4.98 Å². The number of thioether (sulfide) groups is 2. The van der Waals surface area contributed by atoms with Gasteiger partial charge in [0, 0.05) is 12.4 Å². The Kier molecular flexibility index (Phi) is 2.92. The van der Waals surface area contributed by atoms with Gasteiger partial charge >= 0.3 is 0 Å². The van der Waals surface area contributed by atoms with Crippen LogP contribution in [0.15, 0.2) is 12.4 Å². The summed E-state index contributed by atoms with van der Waals surface area (Å²) in [6.45, 7) is 0. The molecule has 0 aliphatic carbocycles. The van der Waals surface area contributed by atoms with Crippen molar-refractivity contribution in [3.8, 4) is 0 Å². The largest absolute Gasteiger partial charge is 0.254 e. The minimum atomic E-state index is 0.129. The van der Waals surface area contributed by atoms with E-state index >= 15 is 0 Å². The second-order valence-corrected chi connectivity index (χ2v) is 5.68. The Hall–Kier alpha value is 0.0700. The standard InChI is InChI=1S/C8H9ClN2S2/c9-7-6(10-2-3-11-7)8-12-4-1-5-13-8/h2-3,8H,1,4-5H2/i3D. The van der Waals surface area contributed by atoms with Crippen LogP contribution in [-0.4, -0.2) is 21.5 Å². The van der Waals surface area contributed by atoms with Crippen LogP contribution in [0.5, 0.6) is 0 Å². The summed E-state index contributed by atoms with van der Waals surface area (Å²) in [6, 6.07) is 0. The van der Waals surface area contributed by atoms with Crippen LogP contribution in [0.3, 0.4) is 0 Å². The monoisotopic (exact) mass is 233 g/mol. The fourth-order valence-corrected chi connectivity index (χ4v) is 4.29. The third kappa shape index (κ3) is 2.30. The van der Waals surface area contributed by atoms with Gasteiger partial charge in [-0.1, -0.05) is 11.6 Å². The number of hydrogen-bond donors (Lipinski definition) is 0. The second-order valence-electron chi connectivity index (χ2n) is 2.60. The van der Waals surface area contributed by atoms with Crippen molar-refractivity contribution in [2.45, 2.75) is 11.0 Å². The highest BCUT2D eigenvalue weighted by atomic mass is 35.5. The Morgan fingerprint density at radius 3 is 2.92 bits per heavy atom. The lowest BCUT2D eigenvalue weighted by Crippen LogP contribution is -2.03. The lowest BCUT2D eigenvalue weighted by atomic mass is 10.5. The van der Waals surface area contributed by atoms with E-state index in [9.17, 15) is 0 Å². The fraction of sp³-hybridized carbons (Fsp3) is 0.500. The van der Waals surface area contributed by atoms with Crippen LogP contribution >= 0.6 is 35.1 Å². The molecule has 0 bridgehead atoms. The van der Waals surface area contributed by atoms with E-state index in [-0.39, 0.29) is 6.17 Å². The Bertz CT molecular complexity index is 331. The van der Waals surface area contributed by atoms with E-state index in [0.717, 1.165) is 17.2 Å². The molecule has 2 heterocycles. The molecule has 70 valence electrons. The maximum absolute atomic E-state index is 7.27. The maximum atomic E-state index is 7.27. The van der Waals surface area contributed by atoms with Crippen molar-refractivity contribution in [2.24, 2.45) is 0 Å². The van der Waals surface area contributed by atoms with Crippen LogP contribution in [-0.2, 0) is 0 Å². The van der Waals surface area contributed by atoms with Gasteiger partial charge in [0.1, 0.15) is 5.69 Å². The molecule has 1 aliphatic heterocycles. The van der Waals surface area contributed by atoms with Gasteiger partial charge < -0.3 is 0 Å². The molecule has 1 saturated heterocycles. The van der Waals surface area contributed by atoms with Crippen molar-refractivity contribution < 1.29 is 1.37 Å². The number of halogens is 1. The smallest absolute Gasteiger partial charge is 0.152 e. The van der Waals surface area contributed by atoms with E-state index in [4.69, 9.17) is 13.0 Å². The Morgan fingerprint density at radius 2 is 2.23 bits per heavy atom. The van der Waals surface area contributed by atoms with Crippen molar-refractivity contribution in [2.75, 3.05) is 11.5 Å². The number of nitrogens with zero attached hydrogens (tertiary/aromatic N) is 2. The molecule has 0 unspecified atom stereocenters. The SMILES string of the molecule is [2H]c1cnc(C2SCCCS2)c(Cl)n1. The van der Waals surface area contributed by atoms with Gasteiger partial charge in [-0.3, -0.25) is 4.98 Å². The highest BCUT2D eigenvalue weighted by molar-refractivity contribution is 8.16. The van der Waals surface area contributed by atoms with Gasteiger partial charge in [-0.15, -0.1) is 23.5 Å². The molecule has 5 heteroatoms. The van der Waals surface area contributed by atoms with Crippen LogP contribution in [0.25, 0.3) is 0 Å². The average Bonchev–Trinajstić information content (AvgIpc) is 2.19. The Morgan fingerprint density at radius 1 is 1.46 bits per heavy atom. The van der Waals surface area contributed by atoms with E-state index in [1.54, 1.807) is 0 Å². The third-order valence-electron chi connectivity index (χ3n) is 1.69. The zero-order valence-corrected chi connectivity index (χ0v) is 9.25. The number of hydrogen-bond acceptors (Lipinski definition) is 4. The second kappa shape index (κ2) is 4.53. The quantitative estimate of drug-likeness (QED) is 0.745. The van der Waals surface area contributed by atoms with Crippen molar-refractivity contribution in [1.82, 2.24) is 9.97 Å². The molecule has 0 saturated carbocycles. The molecule has 1 fully saturated rings. The lowest BCUT2D eigenvalue weighted by Gasteiger charge is -2.20. The van der Waals surface area contributed by atoms with Crippen LogP contribution in [0.2, 0.25) is 5.15 Å². The molecule has 1 aliphatic rings. The first-order chi connectivity index (χ1) is 6.77. The minimum absolute atomic E-state index is 0.129. The van der Waals surface area contributed by atoms with Crippen LogP contribution in [0.1, 0.15) is 18.1 Å². The zero-order chi connectivity index (χ0) is 9.97. The van der Waals surface area contributed by atoms with Crippen LogP contribution in [0, 0.1) is 0 Å². The number of rotatable bonds is 1. The van der Waals surface area contributed by atoms with Crippen LogP contribution < -0.4 is 0 Å². The first-order valence-corrected chi connectivity index (χ1v) is 6.47. The molecule has 0 N–H and O–H groups in total. The minimum Gasteiger partial charge on any atom is -0.254 e. The molecule has 0 spiro atoms. The molecule has 2 nitrogen and oxygen atoms in total. The lowest BCUT2D eigenvalue weighted by molar-refractivity contribution is 1.05. The summed E-state index contributed by atoms with van der Waals surface area (Å²) in [5.41, 5.74) is 0.817. The summed E-state index contributed by atoms with van der Waals surface area (Å²) in [6.07, 6.45) is 2.83. The van der Waals surface area contributed by atoms with Gasteiger partial charge in [-0.05, 0) is 17.9 Å². The molecule has 0 atom stereocenters. The topological polar surface area (TPSA) is 25.8 Å². The van der Waals surface area contributed by atoms with Crippen molar-refractivity contribution >= 4 is 35.1 Å². The van der Waals surface area contributed by atoms with Gasteiger partial charge in [-0.2, -0.15) is 0 Å². The van der Waals surface area contributed by atoms with Gasteiger partial charge in [0.15, 0.2) is 5.15 Å². The molecule has 1 aromatic rings. The molecule has 0 amide bonds. The molecule has 0 aromatic carbocycles.